The summed E-state index contributed by atoms with van der Waals surface area (Å²) in [6, 6.07) is 0. The van der Waals surface area contributed by atoms with Crippen LogP contribution in [0.4, 0.5) is 4.79 Å². The fourth-order valence-electron chi connectivity index (χ4n) is 1.03. The number of allylic oxidation sites excluding steroid dienone is 3. The molecule has 0 heterocycles. The molecule has 1 aliphatic rings. The predicted octanol–water partition coefficient (Wildman–Crippen LogP) is 3.17. The van der Waals surface area contributed by atoms with Crippen molar-refractivity contribution >= 4 is 6.16 Å². The number of rotatable bonds is 1. The quantitative estimate of drug-likeness (QED) is 0.604. The van der Waals surface area contributed by atoms with Crippen molar-refractivity contribution in [1.82, 2.24) is 0 Å². The first-order valence-corrected chi connectivity index (χ1v) is 4.75. The molecule has 0 fully saturated rings. The molecule has 0 radical (unpaired) electrons. The molecule has 0 aromatic heterocycles. The third-order valence-corrected chi connectivity index (χ3v) is 1.55. The Kier molecular flexibility index (Phi) is 3.33. The highest BCUT2D eigenvalue weighted by Crippen LogP contribution is 2.14. The van der Waals surface area contributed by atoms with Gasteiger partial charge in [0, 0.05) is 0 Å². The average molecular weight is 196 g/mol. The lowest BCUT2D eigenvalue weighted by atomic mass is 10.2. The fraction of sp³-hybridized carbons (Fsp3) is 0.545. The highest BCUT2D eigenvalue weighted by molar-refractivity contribution is 5.62. The third-order valence-electron chi connectivity index (χ3n) is 1.55. The Labute approximate surface area is 84.4 Å². The number of carbonyl (C=O) groups is 1. The molecule has 0 aromatic carbocycles. The Morgan fingerprint density at radius 3 is 2.57 bits per heavy atom. The first kappa shape index (κ1) is 10.8. The van der Waals surface area contributed by atoms with Crippen LogP contribution < -0.4 is 0 Å². The van der Waals surface area contributed by atoms with Gasteiger partial charge >= 0.3 is 6.16 Å². The van der Waals surface area contributed by atoms with Crippen LogP contribution in [0.25, 0.3) is 0 Å². The molecule has 1 aliphatic carbocycles. The second kappa shape index (κ2) is 4.31. The monoisotopic (exact) mass is 196 g/mol. The molecule has 3 heteroatoms. The largest absolute Gasteiger partial charge is 0.514 e. The Bertz CT molecular complexity index is 269. The van der Waals surface area contributed by atoms with Crippen LogP contribution in [0.15, 0.2) is 24.0 Å². The average Bonchev–Trinajstić information content (AvgIpc) is 2.02. The molecule has 0 spiro atoms. The van der Waals surface area contributed by atoms with Crippen molar-refractivity contribution in [2.45, 2.75) is 39.2 Å². The molecule has 1 rings (SSSR count). The number of hydrogen-bond donors (Lipinski definition) is 0. The van der Waals surface area contributed by atoms with Gasteiger partial charge in [0.1, 0.15) is 11.4 Å². The van der Waals surface area contributed by atoms with Gasteiger partial charge in [-0.05, 0) is 45.8 Å². The lowest BCUT2D eigenvalue weighted by Crippen LogP contribution is -2.24. The van der Waals surface area contributed by atoms with Crippen LogP contribution in [0.3, 0.4) is 0 Å². The minimum Gasteiger partial charge on any atom is -0.428 e. The van der Waals surface area contributed by atoms with Gasteiger partial charge in [-0.15, -0.1) is 0 Å². The second-order valence-corrected chi connectivity index (χ2v) is 4.15. The maximum atomic E-state index is 11.2. The van der Waals surface area contributed by atoms with Crippen LogP contribution in [-0.4, -0.2) is 11.8 Å². The molecule has 0 saturated heterocycles. The highest BCUT2D eigenvalue weighted by Gasteiger charge is 2.18. The molecule has 3 nitrogen and oxygen atoms in total. The summed E-state index contributed by atoms with van der Waals surface area (Å²) in [7, 11) is 0. The SMILES string of the molecule is CC(C)(C)OC(=O)OC1=CCCC=C1. The van der Waals surface area contributed by atoms with Crippen LogP contribution >= 0.6 is 0 Å². The van der Waals surface area contributed by atoms with Crippen LogP contribution in [0.2, 0.25) is 0 Å². The summed E-state index contributed by atoms with van der Waals surface area (Å²) in [4.78, 5) is 11.2. The molecule has 0 aliphatic heterocycles. The molecule has 0 amide bonds. The van der Waals surface area contributed by atoms with E-state index in [0.29, 0.717) is 5.76 Å². The van der Waals surface area contributed by atoms with E-state index in [-0.39, 0.29) is 0 Å². The second-order valence-electron chi connectivity index (χ2n) is 4.15. The first-order valence-electron chi connectivity index (χ1n) is 4.75. The molecule has 0 saturated carbocycles. The molecular weight excluding hydrogens is 180 g/mol. The Balaban J connectivity index is 2.41. The van der Waals surface area contributed by atoms with Crippen LogP contribution in [0.1, 0.15) is 33.6 Å². The van der Waals surface area contributed by atoms with Gasteiger partial charge in [0.2, 0.25) is 0 Å². The van der Waals surface area contributed by atoms with Gasteiger partial charge in [0.05, 0.1) is 0 Å². The molecule has 0 N–H and O–H groups in total. The summed E-state index contributed by atoms with van der Waals surface area (Å²) in [5.41, 5.74) is -0.504. The smallest absolute Gasteiger partial charge is 0.428 e. The van der Waals surface area contributed by atoms with Crippen LogP contribution in [0, 0.1) is 0 Å². The van der Waals surface area contributed by atoms with Gasteiger partial charge in [0.25, 0.3) is 0 Å². The molecule has 14 heavy (non-hydrogen) atoms. The van der Waals surface area contributed by atoms with E-state index in [1.165, 1.54) is 0 Å². The van der Waals surface area contributed by atoms with Crippen molar-refractivity contribution in [3.05, 3.63) is 24.0 Å². The maximum Gasteiger partial charge on any atom is 0.514 e. The Morgan fingerprint density at radius 2 is 2.07 bits per heavy atom. The zero-order valence-corrected chi connectivity index (χ0v) is 8.87. The van der Waals surface area contributed by atoms with Gasteiger partial charge in [-0.2, -0.15) is 0 Å². The van der Waals surface area contributed by atoms with Crippen LogP contribution in [0.5, 0.6) is 0 Å². The lowest BCUT2D eigenvalue weighted by molar-refractivity contribution is 0.00770. The van der Waals surface area contributed by atoms with Crippen molar-refractivity contribution in [2.75, 3.05) is 0 Å². The summed E-state index contributed by atoms with van der Waals surface area (Å²) in [5.74, 6) is 0.575. The van der Waals surface area contributed by atoms with Gasteiger partial charge in [0.15, 0.2) is 0 Å². The van der Waals surface area contributed by atoms with Crippen molar-refractivity contribution in [3.63, 3.8) is 0 Å². The summed E-state index contributed by atoms with van der Waals surface area (Å²) < 4.78 is 9.99. The number of carbonyl (C=O) groups excluding carboxylic acids is 1. The number of hydrogen-bond acceptors (Lipinski definition) is 3. The topological polar surface area (TPSA) is 35.5 Å². The molecular formula is C11H16O3. The van der Waals surface area contributed by atoms with Gasteiger partial charge in [-0.25, -0.2) is 4.79 Å². The fourth-order valence-corrected chi connectivity index (χ4v) is 1.03. The van der Waals surface area contributed by atoms with E-state index in [9.17, 15) is 4.79 Å². The van der Waals surface area contributed by atoms with Gasteiger partial charge < -0.3 is 9.47 Å². The standard InChI is InChI=1S/C11H16O3/c1-11(2,3)14-10(12)13-9-7-5-4-6-8-9/h5,7-8H,4,6H2,1-3H3. The molecule has 0 aromatic rings. The van der Waals surface area contributed by atoms with E-state index >= 15 is 0 Å². The first-order chi connectivity index (χ1) is 6.47. The van der Waals surface area contributed by atoms with E-state index in [4.69, 9.17) is 9.47 Å². The van der Waals surface area contributed by atoms with Crippen molar-refractivity contribution in [3.8, 4) is 0 Å². The molecule has 0 atom stereocenters. The van der Waals surface area contributed by atoms with E-state index in [0.717, 1.165) is 12.8 Å². The zero-order chi connectivity index (χ0) is 10.6. The van der Waals surface area contributed by atoms with Gasteiger partial charge in [-0.1, -0.05) is 6.08 Å². The van der Waals surface area contributed by atoms with E-state index < -0.39 is 11.8 Å². The third kappa shape index (κ3) is 4.12. The minimum atomic E-state index is -0.643. The lowest BCUT2D eigenvalue weighted by Gasteiger charge is -2.19. The normalized spacial score (nSPS) is 16.1. The van der Waals surface area contributed by atoms with Crippen molar-refractivity contribution in [2.24, 2.45) is 0 Å². The molecule has 78 valence electrons. The summed E-state index contributed by atoms with van der Waals surface area (Å²) in [5, 5.41) is 0. The minimum absolute atomic E-state index is 0.504. The van der Waals surface area contributed by atoms with E-state index in [1.807, 2.05) is 12.2 Å². The highest BCUT2D eigenvalue weighted by atomic mass is 16.7. The molecule has 0 unspecified atom stereocenters. The Morgan fingerprint density at radius 1 is 1.36 bits per heavy atom. The summed E-state index contributed by atoms with van der Waals surface area (Å²) in [6.07, 6.45) is 6.91. The van der Waals surface area contributed by atoms with E-state index in [1.54, 1.807) is 26.8 Å². The summed E-state index contributed by atoms with van der Waals surface area (Å²) in [6.45, 7) is 5.41. The predicted molar refractivity (Wildman–Crippen MR) is 53.8 cm³/mol. The van der Waals surface area contributed by atoms with Crippen LogP contribution in [-0.2, 0) is 9.47 Å². The van der Waals surface area contributed by atoms with Crippen molar-refractivity contribution in [1.29, 1.82) is 0 Å². The Hall–Kier alpha value is -1.25. The van der Waals surface area contributed by atoms with Gasteiger partial charge in [-0.3, -0.25) is 0 Å². The maximum absolute atomic E-state index is 11.2. The zero-order valence-electron chi connectivity index (χ0n) is 8.87. The number of ether oxygens (including phenoxy) is 2. The summed E-state index contributed by atoms with van der Waals surface area (Å²) >= 11 is 0. The molecule has 0 bridgehead atoms. The van der Waals surface area contributed by atoms with E-state index in [2.05, 4.69) is 0 Å². The van der Waals surface area contributed by atoms with Crippen molar-refractivity contribution < 1.29 is 14.3 Å².